The van der Waals surface area contributed by atoms with Crippen LogP contribution in [0.4, 0.5) is 0 Å². The predicted octanol–water partition coefficient (Wildman–Crippen LogP) is 3.59. The molecule has 0 aromatic rings. The Morgan fingerprint density at radius 1 is 1.15 bits per heavy atom. The highest BCUT2D eigenvalue weighted by Gasteiger charge is 2.53. The maximum Gasteiger partial charge on any atom is 0.331 e. The van der Waals surface area contributed by atoms with Crippen molar-refractivity contribution in [3.8, 4) is 0 Å². The molecule has 0 aromatic heterocycles. The number of nitrogens with one attached hydrogen (secondary N) is 1. The highest BCUT2D eigenvalue weighted by molar-refractivity contribution is 5.91. The van der Waals surface area contributed by atoms with E-state index in [0.717, 1.165) is 70.7 Å². The Morgan fingerprint density at radius 3 is 2.15 bits per heavy atom. The summed E-state index contributed by atoms with van der Waals surface area (Å²) in [6.07, 6.45) is 11.6. The number of amides is 2. The number of hydrogen-bond acceptors (Lipinski definition) is 6. The summed E-state index contributed by atoms with van der Waals surface area (Å²) in [5, 5.41) is 10.7. The van der Waals surface area contributed by atoms with Crippen LogP contribution in [-0.2, 0) is 23.9 Å². The number of nitrogens with zero attached hydrogens (tertiary/aromatic N) is 1. The zero-order chi connectivity index (χ0) is 25.5. The number of ether oxygens (including phenoxy) is 2. The van der Waals surface area contributed by atoms with E-state index in [1.54, 1.807) is 18.9 Å². The zero-order valence-electron chi connectivity index (χ0n) is 21.0. The number of unbranched alkanes of at least 4 members (excludes halogenated alkanes) is 2. The Balaban J connectivity index is 0. The maximum atomic E-state index is 11.9. The number of esters is 1. The molecule has 2 aliphatic rings. The van der Waals surface area contributed by atoms with Crippen molar-refractivity contribution in [3.63, 3.8) is 0 Å². The molecule has 2 saturated carbocycles. The van der Waals surface area contributed by atoms with Gasteiger partial charge >= 0.3 is 5.97 Å². The molecule has 0 radical (unpaired) electrons. The van der Waals surface area contributed by atoms with Crippen molar-refractivity contribution in [2.24, 2.45) is 5.92 Å². The van der Waals surface area contributed by atoms with Crippen LogP contribution in [0.5, 0.6) is 0 Å². The molecule has 0 saturated heterocycles. The van der Waals surface area contributed by atoms with Crippen LogP contribution in [0.15, 0.2) is 25.8 Å². The molecule has 2 N–H and O–H groups in total. The fourth-order valence-corrected chi connectivity index (χ4v) is 3.09. The lowest BCUT2D eigenvalue weighted by Crippen LogP contribution is -2.46. The highest BCUT2D eigenvalue weighted by atomic mass is 16.6. The van der Waals surface area contributed by atoms with Gasteiger partial charge in [0, 0.05) is 26.1 Å². The molecule has 33 heavy (non-hydrogen) atoms. The summed E-state index contributed by atoms with van der Waals surface area (Å²) >= 11 is 0. The third-order valence-electron chi connectivity index (χ3n) is 5.15. The third kappa shape index (κ3) is 16.1. The second-order valence-corrected chi connectivity index (χ2v) is 7.77. The Hall–Kier alpha value is -2.19. The Morgan fingerprint density at radius 2 is 1.76 bits per heavy atom. The SMILES string of the molecule is C=C.C=CCCCCN(C)C=O.CCOC(=O)C1(NC(=O)C2CCCC2)CC1.CCOCO. The lowest BCUT2D eigenvalue weighted by molar-refractivity contribution is -0.149. The topological polar surface area (TPSA) is 105 Å². The average Bonchev–Trinajstić information content (AvgIpc) is 3.39. The molecule has 2 amide bonds. The minimum Gasteiger partial charge on any atom is -0.464 e. The van der Waals surface area contributed by atoms with Gasteiger partial charge in [0.2, 0.25) is 12.3 Å². The van der Waals surface area contributed by atoms with Gasteiger partial charge in [0.25, 0.3) is 0 Å². The van der Waals surface area contributed by atoms with Crippen molar-refractivity contribution >= 4 is 18.3 Å². The lowest BCUT2D eigenvalue weighted by atomic mass is 10.1. The van der Waals surface area contributed by atoms with E-state index in [-0.39, 0.29) is 24.6 Å². The second-order valence-electron chi connectivity index (χ2n) is 7.77. The Bertz CT molecular complexity index is 529. The molecule has 2 aliphatic carbocycles. The monoisotopic (exact) mass is 470 g/mol. The molecule has 0 bridgehead atoms. The maximum absolute atomic E-state index is 11.9. The molecular weight excluding hydrogens is 424 g/mol. The molecule has 0 spiro atoms. The van der Waals surface area contributed by atoms with Crippen LogP contribution in [0.25, 0.3) is 0 Å². The summed E-state index contributed by atoms with van der Waals surface area (Å²) in [6.45, 7) is 14.9. The van der Waals surface area contributed by atoms with Crippen molar-refractivity contribution in [3.05, 3.63) is 25.8 Å². The summed E-state index contributed by atoms with van der Waals surface area (Å²) in [6, 6.07) is 0. The predicted molar refractivity (Wildman–Crippen MR) is 131 cm³/mol. The number of carbonyl (C=O) groups excluding carboxylic acids is 3. The van der Waals surface area contributed by atoms with Gasteiger partial charge in [0.1, 0.15) is 12.3 Å². The standard InChI is InChI=1S/C12H19NO3.C8H15NO.C3H8O2.C2H4/c1-2-16-11(15)12(7-8-12)13-10(14)9-5-3-4-6-9;1-3-4-5-6-7-9(2)8-10;1-2-5-3-4;1-2/h9H,2-8H2,1H3,(H,13,14);3,8H,1,4-7H2,2H3;4H,2-3H2,1H3;1-2H2. The molecule has 0 atom stereocenters. The Labute approximate surface area is 200 Å². The van der Waals surface area contributed by atoms with Crippen LogP contribution in [0.1, 0.15) is 71.6 Å². The fourth-order valence-electron chi connectivity index (χ4n) is 3.09. The molecule has 0 aromatic carbocycles. The van der Waals surface area contributed by atoms with Crippen molar-refractivity contribution in [1.82, 2.24) is 10.2 Å². The molecule has 2 rings (SSSR count). The van der Waals surface area contributed by atoms with Crippen LogP contribution in [0.2, 0.25) is 0 Å². The normalized spacial score (nSPS) is 15.2. The first-order valence-electron chi connectivity index (χ1n) is 11.8. The first-order valence-corrected chi connectivity index (χ1v) is 11.8. The summed E-state index contributed by atoms with van der Waals surface area (Å²) in [5.41, 5.74) is -0.671. The highest BCUT2D eigenvalue weighted by Crippen LogP contribution is 2.38. The van der Waals surface area contributed by atoms with Crippen molar-refractivity contribution in [2.45, 2.75) is 77.2 Å². The number of hydrogen-bond donors (Lipinski definition) is 2. The third-order valence-corrected chi connectivity index (χ3v) is 5.15. The van der Waals surface area contributed by atoms with Gasteiger partial charge in [-0.05, 0) is 58.8 Å². The number of aliphatic hydroxyl groups excluding tert-OH is 1. The largest absolute Gasteiger partial charge is 0.464 e. The molecular formula is C25H46N2O6. The molecule has 8 heteroatoms. The lowest BCUT2D eigenvalue weighted by Gasteiger charge is -2.18. The molecule has 0 aliphatic heterocycles. The van der Waals surface area contributed by atoms with E-state index in [1.165, 1.54) is 0 Å². The molecule has 192 valence electrons. The van der Waals surface area contributed by atoms with E-state index >= 15 is 0 Å². The van der Waals surface area contributed by atoms with E-state index < -0.39 is 5.54 Å². The molecule has 0 heterocycles. The second kappa shape index (κ2) is 21.6. The van der Waals surface area contributed by atoms with E-state index in [4.69, 9.17) is 9.84 Å². The molecule has 8 nitrogen and oxygen atoms in total. The van der Waals surface area contributed by atoms with Gasteiger partial charge in [0.15, 0.2) is 0 Å². The van der Waals surface area contributed by atoms with Gasteiger partial charge < -0.3 is 24.8 Å². The van der Waals surface area contributed by atoms with Gasteiger partial charge in [-0.3, -0.25) is 9.59 Å². The minimum atomic E-state index is -0.671. The van der Waals surface area contributed by atoms with Crippen LogP contribution >= 0.6 is 0 Å². The van der Waals surface area contributed by atoms with Crippen LogP contribution in [0.3, 0.4) is 0 Å². The van der Waals surface area contributed by atoms with Gasteiger partial charge in [-0.15, -0.1) is 19.7 Å². The van der Waals surface area contributed by atoms with Gasteiger partial charge in [-0.25, -0.2) is 4.79 Å². The minimum absolute atomic E-state index is 0.0445. The van der Waals surface area contributed by atoms with Crippen molar-refractivity contribution < 1.29 is 29.0 Å². The van der Waals surface area contributed by atoms with Crippen LogP contribution in [0, 0.1) is 5.92 Å². The van der Waals surface area contributed by atoms with E-state index in [0.29, 0.717) is 13.2 Å². The number of aliphatic hydroxyl groups is 1. The summed E-state index contributed by atoms with van der Waals surface area (Å²) < 4.78 is 9.37. The number of rotatable bonds is 12. The van der Waals surface area contributed by atoms with Gasteiger partial charge in [-0.2, -0.15) is 0 Å². The summed E-state index contributed by atoms with van der Waals surface area (Å²) in [5.74, 6) is -0.101. The average molecular weight is 471 g/mol. The van der Waals surface area contributed by atoms with Gasteiger partial charge in [0.05, 0.1) is 6.61 Å². The molecule has 0 unspecified atom stereocenters. The first kappa shape index (κ1) is 33.0. The molecule has 2 fully saturated rings. The van der Waals surface area contributed by atoms with E-state index in [9.17, 15) is 14.4 Å². The van der Waals surface area contributed by atoms with Crippen molar-refractivity contribution in [1.29, 1.82) is 0 Å². The Kier molecular flexibility index (Phi) is 21.6. The van der Waals surface area contributed by atoms with E-state index in [1.807, 2.05) is 13.0 Å². The number of allylic oxidation sites excluding steroid dienone is 1. The van der Waals surface area contributed by atoms with Crippen molar-refractivity contribution in [2.75, 3.05) is 33.6 Å². The van der Waals surface area contributed by atoms with Crippen LogP contribution < -0.4 is 5.32 Å². The zero-order valence-corrected chi connectivity index (χ0v) is 21.0. The van der Waals surface area contributed by atoms with Crippen LogP contribution in [-0.4, -0.2) is 67.4 Å². The quantitative estimate of drug-likeness (QED) is 0.148. The van der Waals surface area contributed by atoms with Gasteiger partial charge in [-0.1, -0.05) is 18.9 Å². The summed E-state index contributed by atoms with van der Waals surface area (Å²) in [7, 11) is 1.79. The first-order chi connectivity index (χ1) is 15.9. The smallest absolute Gasteiger partial charge is 0.331 e. The van der Waals surface area contributed by atoms with E-state index in [2.05, 4.69) is 29.8 Å². The fraction of sp³-hybridized carbons (Fsp3) is 0.720. The summed E-state index contributed by atoms with van der Waals surface area (Å²) in [4.78, 5) is 35.3. The number of carbonyl (C=O) groups is 3.